The van der Waals surface area contributed by atoms with Crippen LogP contribution in [0.15, 0.2) is 0 Å². The van der Waals surface area contributed by atoms with Crippen LogP contribution in [-0.4, -0.2) is 36.7 Å². The third-order valence-electron chi connectivity index (χ3n) is 2.38. The van der Waals surface area contributed by atoms with E-state index in [2.05, 4.69) is 13.8 Å². The van der Waals surface area contributed by atoms with Gasteiger partial charge in [-0.1, -0.05) is 13.8 Å². The van der Waals surface area contributed by atoms with Crippen molar-refractivity contribution in [2.24, 2.45) is 11.7 Å². The molecule has 1 rings (SSSR count). The lowest BCUT2D eigenvalue weighted by atomic mass is 10.1. The number of amides is 1. The van der Waals surface area contributed by atoms with Crippen LogP contribution in [0.3, 0.4) is 0 Å². The Morgan fingerprint density at radius 2 is 2.36 bits per heavy atom. The Morgan fingerprint density at radius 3 is 2.93 bits per heavy atom. The van der Waals surface area contributed by atoms with Gasteiger partial charge in [-0.15, -0.1) is 0 Å². The van der Waals surface area contributed by atoms with Crippen LogP contribution in [0.2, 0.25) is 0 Å². The molecule has 1 atom stereocenters. The van der Waals surface area contributed by atoms with Crippen LogP contribution in [0.5, 0.6) is 0 Å². The normalized spacial score (nSPS) is 21.9. The van der Waals surface area contributed by atoms with Crippen molar-refractivity contribution < 1.29 is 9.53 Å². The summed E-state index contributed by atoms with van der Waals surface area (Å²) >= 11 is 0. The third kappa shape index (κ3) is 2.87. The number of rotatable bonds is 5. The smallest absolute Gasteiger partial charge is 0.410 e. The van der Waals surface area contributed by atoms with Gasteiger partial charge in [-0.3, -0.25) is 0 Å². The first kappa shape index (κ1) is 11.3. The Morgan fingerprint density at radius 1 is 1.64 bits per heavy atom. The van der Waals surface area contributed by atoms with Gasteiger partial charge in [-0.2, -0.15) is 0 Å². The van der Waals surface area contributed by atoms with E-state index in [4.69, 9.17) is 10.5 Å². The molecule has 0 aromatic heterocycles. The maximum absolute atomic E-state index is 11.4. The maximum atomic E-state index is 11.4. The lowest BCUT2D eigenvalue weighted by Gasteiger charge is -2.22. The zero-order valence-corrected chi connectivity index (χ0v) is 9.03. The number of carbonyl (C=O) groups excluding carboxylic acids is 1. The minimum absolute atomic E-state index is 0.166. The number of carbonyl (C=O) groups is 1. The SMILES string of the molecule is CC(C)CN1C(=O)OCC1CCCN. The molecule has 1 fully saturated rings. The van der Waals surface area contributed by atoms with E-state index in [9.17, 15) is 4.79 Å². The fraction of sp³-hybridized carbons (Fsp3) is 0.900. The lowest BCUT2D eigenvalue weighted by Crippen LogP contribution is -2.36. The predicted molar refractivity (Wildman–Crippen MR) is 55.0 cm³/mol. The Labute approximate surface area is 85.4 Å². The van der Waals surface area contributed by atoms with Gasteiger partial charge in [0, 0.05) is 6.54 Å². The van der Waals surface area contributed by atoms with E-state index in [0.29, 0.717) is 19.1 Å². The maximum Gasteiger partial charge on any atom is 0.410 e. The van der Waals surface area contributed by atoms with Crippen molar-refractivity contribution in [3.63, 3.8) is 0 Å². The summed E-state index contributed by atoms with van der Waals surface area (Å²) < 4.78 is 5.02. The van der Waals surface area contributed by atoms with Gasteiger partial charge in [-0.25, -0.2) is 4.79 Å². The first-order chi connectivity index (χ1) is 6.65. The minimum Gasteiger partial charge on any atom is -0.447 e. The second-order valence-electron chi connectivity index (χ2n) is 4.21. The zero-order chi connectivity index (χ0) is 10.6. The molecule has 1 aliphatic heterocycles. The monoisotopic (exact) mass is 200 g/mol. The van der Waals surface area contributed by atoms with E-state index in [1.807, 2.05) is 4.90 Å². The second-order valence-corrected chi connectivity index (χ2v) is 4.21. The van der Waals surface area contributed by atoms with Crippen LogP contribution in [0.1, 0.15) is 26.7 Å². The summed E-state index contributed by atoms with van der Waals surface area (Å²) in [5, 5.41) is 0. The zero-order valence-electron chi connectivity index (χ0n) is 9.03. The fourth-order valence-electron chi connectivity index (χ4n) is 1.70. The molecule has 0 radical (unpaired) electrons. The largest absolute Gasteiger partial charge is 0.447 e. The number of hydrogen-bond donors (Lipinski definition) is 1. The van der Waals surface area contributed by atoms with Gasteiger partial charge in [0.25, 0.3) is 0 Å². The molecule has 0 aromatic rings. The van der Waals surface area contributed by atoms with E-state index in [1.54, 1.807) is 0 Å². The summed E-state index contributed by atoms with van der Waals surface area (Å²) in [7, 11) is 0. The summed E-state index contributed by atoms with van der Waals surface area (Å²) in [6.45, 7) is 6.21. The molecule has 1 unspecified atom stereocenters. The van der Waals surface area contributed by atoms with E-state index in [1.165, 1.54) is 0 Å². The van der Waals surface area contributed by atoms with Gasteiger partial charge in [0.1, 0.15) is 6.61 Å². The summed E-state index contributed by atoms with van der Waals surface area (Å²) in [4.78, 5) is 13.2. The molecular formula is C10H20N2O2. The summed E-state index contributed by atoms with van der Waals surface area (Å²) in [6.07, 6.45) is 1.74. The average molecular weight is 200 g/mol. The van der Waals surface area contributed by atoms with Crippen LogP contribution in [-0.2, 0) is 4.74 Å². The van der Waals surface area contributed by atoms with Crippen molar-refractivity contribution in [1.29, 1.82) is 0 Å². The summed E-state index contributed by atoms with van der Waals surface area (Å²) in [5.74, 6) is 0.487. The Kier molecular flexibility index (Phi) is 4.20. The standard InChI is InChI=1S/C10H20N2O2/c1-8(2)6-12-9(4-3-5-11)7-14-10(12)13/h8-9H,3-7,11H2,1-2H3. The van der Waals surface area contributed by atoms with Crippen molar-refractivity contribution in [2.45, 2.75) is 32.7 Å². The molecule has 14 heavy (non-hydrogen) atoms. The van der Waals surface area contributed by atoms with Crippen molar-refractivity contribution in [3.05, 3.63) is 0 Å². The quantitative estimate of drug-likeness (QED) is 0.725. The highest BCUT2D eigenvalue weighted by Crippen LogP contribution is 2.18. The van der Waals surface area contributed by atoms with Crippen molar-refractivity contribution in [1.82, 2.24) is 4.90 Å². The Hall–Kier alpha value is -0.770. The minimum atomic E-state index is -0.166. The van der Waals surface area contributed by atoms with E-state index in [0.717, 1.165) is 19.4 Å². The van der Waals surface area contributed by atoms with Crippen LogP contribution in [0, 0.1) is 5.92 Å². The molecule has 82 valence electrons. The lowest BCUT2D eigenvalue weighted by molar-refractivity contribution is 0.154. The third-order valence-corrected chi connectivity index (χ3v) is 2.38. The van der Waals surface area contributed by atoms with Crippen LogP contribution >= 0.6 is 0 Å². The number of nitrogens with zero attached hydrogens (tertiary/aromatic N) is 1. The molecule has 0 aromatic carbocycles. The predicted octanol–water partition coefficient (Wildman–Crippen LogP) is 1.20. The first-order valence-electron chi connectivity index (χ1n) is 5.28. The highest BCUT2D eigenvalue weighted by Gasteiger charge is 2.32. The van der Waals surface area contributed by atoms with Crippen LogP contribution in [0.4, 0.5) is 4.79 Å². The van der Waals surface area contributed by atoms with Crippen molar-refractivity contribution in [3.8, 4) is 0 Å². The molecule has 2 N–H and O–H groups in total. The fourth-order valence-corrected chi connectivity index (χ4v) is 1.70. The molecule has 4 nitrogen and oxygen atoms in total. The molecule has 1 heterocycles. The second kappa shape index (κ2) is 5.20. The average Bonchev–Trinajstić information content (AvgIpc) is 2.45. The Bertz CT molecular complexity index is 195. The number of hydrogen-bond acceptors (Lipinski definition) is 3. The molecule has 1 saturated heterocycles. The van der Waals surface area contributed by atoms with Gasteiger partial charge in [0.05, 0.1) is 6.04 Å². The van der Waals surface area contributed by atoms with Gasteiger partial charge in [0.15, 0.2) is 0 Å². The molecular weight excluding hydrogens is 180 g/mol. The highest BCUT2D eigenvalue weighted by atomic mass is 16.6. The van der Waals surface area contributed by atoms with Gasteiger partial charge in [-0.05, 0) is 25.3 Å². The highest BCUT2D eigenvalue weighted by molar-refractivity contribution is 5.70. The van der Waals surface area contributed by atoms with Crippen LogP contribution in [0.25, 0.3) is 0 Å². The van der Waals surface area contributed by atoms with Crippen molar-refractivity contribution >= 4 is 6.09 Å². The topological polar surface area (TPSA) is 55.6 Å². The van der Waals surface area contributed by atoms with E-state index >= 15 is 0 Å². The van der Waals surface area contributed by atoms with E-state index in [-0.39, 0.29) is 12.1 Å². The molecule has 0 aliphatic carbocycles. The summed E-state index contributed by atoms with van der Waals surface area (Å²) in [5.41, 5.74) is 5.44. The first-order valence-corrected chi connectivity index (χ1v) is 5.28. The molecule has 0 bridgehead atoms. The molecule has 1 aliphatic rings. The molecule has 0 saturated carbocycles. The molecule has 0 spiro atoms. The molecule has 1 amide bonds. The van der Waals surface area contributed by atoms with E-state index < -0.39 is 0 Å². The van der Waals surface area contributed by atoms with Crippen LogP contribution < -0.4 is 5.73 Å². The van der Waals surface area contributed by atoms with Gasteiger partial charge in [0.2, 0.25) is 0 Å². The number of cyclic esters (lactones) is 1. The summed E-state index contributed by atoms with van der Waals surface area (Å²) in [6, 6.07) is 0.244. The van der Waals surface area contributed by atoms with Gasteiger partial charge < -0.3 is 15.4 Å². The Balaban J connectivity index is 2.44. The molecule has 4 heteroatoms. The van der Waals surface area contributed by atoms with Gasteiger partial charge >= 0.3 is 6.09 Å². The number of ether oxygens (including phenoxy) is 1. The number of nitrogens with two attached hydrogens (primary N) is 1. The van der Waals surface area contributed by atoms with Crippen molar-refractivity contribution in [2.75, 3.05) is 19.7 Å².